The van der Waals surface area contributed by atoms with Crippen molar-refractivity contribution in [1.82, 2.24) is 9.97 Å². The van der Waals surface area contributed by atoms with Gasteiger partial charge in [-0.2, -0.15) is 4.98 Å². The molecule has 2 aromatic rings. The van der Waals surface area contributed by atoms with E-state index in [9.17, 15) is 0 Å². The summed E-state index contributed by atoms with van der Waals surface area (Å²) in [6.45, 7) is 8.43. The Hall–Kier alpha value is -1.32. The summed E-state index contributed by atoms with van der Waals surface area (Å²) in [6.07, 6.45) is 1.43. The highest BCUT2D eigenvalue weighted by Crippen LogP contribution is 2.36. The number of ether oxygens (including phenoxy) is 1. The minimum absolute atomic E-state index is 0.0509. The molecule has 0 saturated carbocycles. The lowest BCUT2D eigenvalue weighted by Gasteiger charge is -2.23. The van der Waals surface area contributed by atoms with Gasteiger partial charge in [0.15, 0.2) is 0 Å². The molecule has 0 aliphatic carbocycles. The molecule has 0 atom stereocenters. The van der Waals surface area contributed by atoms with Crippen LogP contribution in [0.2, 0.25) is 10.3 Å². The fraction of sp³-hybridized carbons (Fsp3) is 0.333. The van der Waals surface area contributed by atoms with E-state index >= 15 is 0 Å². The fourth-order valence-corrected chi connectivity index (χ4v) is 2.08. The molecule has 0 amide bonds. The zero-order chi connectivity index (χ0) is 14.9. The summed E-state index contributed by atoms with van der Waals surface area (Å²) in [6, 6.07) is 6.01. The van der Waals surface area contributed by atoms with Crippen LogP contribution in [0, 0.1) is 6.92 Å². The predicted octanol–water partition coefficient (Wildman–Crippen LogP) is 5.18. The van der Waals surface area contributed by atoms with Gasteiger partial charge in [0.2, 0.25) is 11.2 Å². The molecule has 20 heavy (non-hydrogen) atoms. The molecular weight excluding hydrogens is 295 g/mol. The minimum atomic E-state index is -0.0509. The first-order valence-corrected chi connectivity index (χ1v) is 7.00. The monoisotopic (exact) mass is 310 g/mol. The Balaban J connectivity index is 2.46. The molecule has 0 bridgehead atoms. The van der Waals surface area contributed by atoms with Crippen LogP contribution in [0.1, 0.15) is 31.9 Å². The lowest BCUT2D eigenvalue weighted by molar-refractivity contribution is 0.439. The molecule has 5 heteroatoms. The lowest BCUT2D eigenvalue weighted by Crippen LogP contribution is -2.13. The molecule has 0 saturated heterocycles. The summed E-state index contributed by atoms with van der Waals surface area (Å²) in [4.78, 5) is 7.82. The Labute approximate surface area is 128 Å². The molecule has 1 heterocycles. The Morgan fingerprint density at radius 3 is 2.50 bits per heavy atom. The highest BCUT2D eigenvalue weighted by molar-refractivity contribution is 6.32. The number of benzene rings is 1. The van der Waals surface area contributed by atoms with Crippen molar-refractivity contribution in [1.29, 1.82) is 0 Å². The van der Waals surface area contributed by atoms with Crippen molar-refractivity contribution in [2.75, 3.05) is 0 Å². The quantitative estimate of drug-likeness (QED) is 0.717. The number of nitrogens with zero attached hydrogens (tertiary/aromatic N) is 2. The molecule has 0 aliphatic rings. The number of hydrogen-bond acceptors (Lipinski definition) is 3. The Kier molecular flexibility index (Phi) is 4.21. The highest BCUT2D eigenvalue weighted by atomic mass is 35.5. The van der Waals surface area contributed by atoms with Crippen LogP contribution in [0.5, 0.6) is 11.6 Å². The van der Waals surface area contributed by atoms with Crippen LogP contribution in [0.25, 0.3) is 0 Å². The summed E-state index contributed by atoms with van der Waals surface area (Å²) in [5.74, 6) is 0.987. The average molecular weight is 311 g/mol. The van der Waals surface area contributed by atoms with E-state index in [2.05, 4.69) is 36.8 Å². The van der Waals surface area contributed by atoms with E-state index in [1.165, 1.54) is 11.8 Å². The van der Waals surface area contributed by atoms with Gasteiger partial charge in [0.1, 0.15) is 10.8 Å². The van der Waals surface area contributed by atoms with Crippen LogP contribution in [-0.4, -0.2) is 9.97 Å². The van der Waals surface area contributed by atoms with Crippen LogP contribution in [0.3, 0.4) is 0 Å². The lowest BCUT2D eigenvalue weighted by atomic mass is 9.85. The highest BCUT2D eigenvalue weighted by Gasteiger charge is 2.20. The van der Waals surface area contributed by atoms with Crippen LogP contribution < -0.4 is 4.74 Å². The van der Waals surface area contributed by atoms with Gasteiger partial charge < -0.3 is 4.74 Å². The summed E-state index contributed by atoms with van der Waals surface area (Å²) in [5, 5.41) is 0.434. The van der Waals surface area contributed by atoms with E-state index in [0.717, 1.165) is 11.3 Å². The van der Waals surface area contributed by atoms with E-state index in [1.807, 2.05) is 19.1 Å². The standard InChI is InChI=1S/C15H16Cl2N2O/c1-9-5-6-12(10(7-9)15(2,3)4)20-13-11(16)8-18-14(17)19-13/h5-8H,1-4H3. The largest absolute Gasteiger partial charge is 0.437 e. The van der Waals surface area contributed by atoms with Gasteiger partial charge >= 0.3 is 0 Å². The Morgan fingerprint density at radius 2 is 1.85 bits per heavy atom. The first kappa shape index (κ1) is 15.1. The third kappa shape index (κ3) is 3.41. The third-order valence-corrected chi connectivity index (χ3v) is 3.27. The number of hydrogen-bond donors (Lipinski definition) is 0. The van der Waals surface area contributed by atoms with Gasteiger partial charge in [-0.05, 0) is 30.0 Å². The van der Waals surface area contributed by atoms with Crippen molar-refractivity contribution in [2.24, 2.45) is 0 Å². The van der Waals surface area contributed by atoms with E-state index in [0.29, 0.717) is 5.02 Å². The van der Waals surface area contributed by atoms with Crippen molar-refractivity contribution in [3.63, 3.8) is 0 Å². The normalized spacial score (nSPS) is 11.5. The van der Waals surface area contributed by atoms with E-state index in [1.54, 1.807) is 0 Å². The van der Waals surface area contributed by atoms with Gasteiger partial charge in [0.05, 0.1) is 6.20 Å². The van der Waals surface area contributed by atoms with E-state index in [4.69, 9.17) is 27.9 Å². The molecule has 0 fully saturated rings. The summed E-state index contributed by atoms with van der Waals surface area (Å²) in [5.41, 5.74) is 2.21. The van der Waals surface area contributed by atoms with E-state index < -0.39 is 0 Å². The molecule has 0 N–H and O–H groups in total. The maximum absolute atomic E-state index is 6.04. The molecule has 0 aliphatic heterocycles. The van der Waals surface area contributed by atoms with Crippen LogP contribution >= 0.6 is 23.2 Å². The first-order valence-electron chi connectivity index (χ1n) is 6.24. The second kappa shape index (κ2) is 5.58. The molecule has 2 rings (SSSR count). The van der Waals surface area contributed by atoms with Crippen molar-refractivity contribution in [3.05, 3.63) is 45.8 Å². The Morgan fingerprint density at radius 1 is 1.15 bits per heavy atom. The molecule has 0 radical (unpaired) electrons. The summed E-state index contributed by atoms with van der Waals surface area (Å²) < 4.78 is 5.84. The molecule has 0 spiro atoms. The van der Waals surface area contributed by atoms with Crippen LogP contribution in [0.15, 0.2) is 24.4 Å². The topological polar surface area (TPSA) is 35.0 Å². The zero-order valence-corrected chi connectivity index (χ0v) is 13.4. The fourth-order valence-electron chi connectivity index (χ4n) is 1.83. The number of rotatable bonds is 2. The molecule has 0 unspecified atom stereocenters. The summed E-state index contributed by atoms with van der Waals surface area (Å²) in [7, 11) is 0. The van der Waals surface area contributed by atoms with Crippen LogP contribution in [-0.2, 0) is 5.41 Å². The molecular formula is C15H16Cl2N2O. The van der Waals surface area contributed by atoms with Crippen molar-refractivity contribution in [3.8, 4) is 11.6 Å². The molecule has 3 nitrogen and oxygen atoms in total. The van der Waals surface area contributed by atoms with Crippen molar-refractivity contribution < 1.29 is 4.74 Å². The van der Waals surface area contributed by atoms with Gasteiger partial charge in [-0.25, -0.2) is 4.98 Å². The number of aromatic nitrogens is 2. The smallest absolute Gasteiger partial charge is 0.242 e. The number of halogens is 2. The summed E-state index contributed by atoms with van der Waals surface area (Å²) >= 11 is 11.8. The van der Waals surface area contributed by atoms with Crippen molar-refractivity contribution in [2.45, 2.75) is 33.1 Å². The predicted molar refractivity (Wildman–Crippen MR) is 82.0 cm³/mol. The van der Waals surface area contributed by atoms with Crippen LogP contribution in [0.4, 0.5) is 0 Å². The number of aryl methyl sites for hydroxylation is 1. The van der Waals surface area contributed by atoms with Gasteiger partial charge in [0, 0.05) is 5.56 Å². The third-order valence-electron chi connectivity index (χ3n) is 2.83. The first-order chi connectivity index (χ1) is 9.27. The van der Waals surface area contributed by atoms with Crippen molar-refractivity contribution >= 4 is 23.2 Å². The molecule has 106 valence electrons. The van der Waals surface area contributed by atoms with Gasteiger partial charge in [-0.15, -0.1) is 0 Å². The van der Waals surface area contributed by atoms with E-state index in [-0.39, 0.29) is 16.6 Å². The maximum Gasteiger partial charge on any atom is 0.242 e. The maximum atomic E-state index is 6.04. The Bertz CT molecular complexity index is 636. The molecule has 1 aromatic carbocycles. The second-order valence-corrected chi connectivity index (χ2v) is 6.39. The van der Waals surface area contributed by atoms with Gasteiger partial charge in [-0.1, -0.05) is 50.1 Å². The SMILES string of the molecule is Cc1ccc(Oc2nc(Cl)ncc2Cl)c(C(C)(C)C)c1. The zero-order valence-electron chi connectivity index (χ0n) is 11.9. The van der Waals surface area contributed by atoms with Gasteiger partial charge in [-0.3, -0.25) is 0 Å². The average Bonchev–Trinajstić information content (AvgIpc) is 2.34. The second-order valence-electron chi connectivity index (χ2n) is 5.64. The molecule has 1 aromatic heterocycles. The minimum Gasteiger partial charge on any atom is -0.437 e. The van der Waals surface area contributed by atoms with Gasteiger partial charge in [0.25, 0.3) is 0 Å².